The van der Waals surface area contributed by atoms with E-state index in [1.165, 1.54) is 16.9 Å². The first-order valence-corrected chi connectivity index (χ1v) is 10.1. The van der Waals surface area contributed by atoms with Gasteiger partial charge >= 0.3 is 0 Å². The van der Waals surface area contributed by atoms with Gasteiger partial charge in [0.1, 0.15) is 5.82 Å². The van der Waals surface area contributed by atoms with Crippen LogP contribution in [-0.4, -0.2) is 47.4 Å². The summed E-state index contributed by atoms with van der Waals surface area (Å²) < 4.78 is 0. The molecule has 0 saturated carbocycles. The molecule has 0 bridgehead atoms. The van der Waals surface area contributed by atoms with Crippen molar-refractivity contribution in [1.29, 1.82) is 0 Å². The Morgan fingerprint density at radius 2 is 2.07 bits per heavy atom. The fourth-order valence-electron chi connectivity index (χ4n) is 3.45. The number of benzene rings is 1. The van der Waals surface area contributed by atoms with E-state index in [4.69, 9.17) is 0 Å². The van der Waals surface area contributed by atoms with Crippen molar-refractivity contribution < 1.29 is 4.79 Å². The maximum absolute atomic E-state index is 12.9. The summed E-state index contributed by atoms with van der Waals surface area (Å²) in [5, 5.41) is 0.858. The second-order valence-corrected chi connectivity index (χ2v) is 8.01. The van der Waals surface area contributed by atoms with E-state index < -0.39 is 0 Å². The monoisotopic (exact) mass is 381 g/mol. The Hall–Kier alpha value is -2.54. The van der Waals surface area contributed by atoms with Crippen molar-refractivity contribution in [1.82, 2.24) is 15.0 Å². The maximum atomic E-state index is 12.9. The van der Waals surface area contributed by atoms with E-state index in [1.54, 1.807) is 6.20 Å². The number of ketones is 1. The zero-order valence-corrected chi connectivity index (χ0v) is 16.4. The average Bonchev–Trinajstić information content (AvgIpc) is 3.32. The molecule has 3 aromatic rings. The second-order valence-electron chi connectivity index (χ2n) is 7.05. The topological polar surface area (TPSA) is 62.2 Å². The van der Waals surface area contributed by atoms with E-state index in [-0.39, 0.29) is 6.04 Å². The van der Waals surface area contributed by atoms with Crippen LogP contribution in [0.3, 0.4) is 0 Å². The summed E-state index contributed by atoms with van der Waals surface area (Å²) in [7, 11) is 3.89. The van der Waals surface area contributed by atoms with Gasteiger partial charge in [-0.05, 0) is 24.8 Å². The minimum absolute atomic E-state index is 0.0809. The Morgan fingerprint density at radius 1 is 1.26 bits per heavy atom. The number of carbonyl (C=O) groups excluding carboxylic acids is 1. The number of rotatable bonds is 6. The molecule has 4 rings (SSSR count). The predicted octanol–water partition coefficient (Wildman–Crippen LogP) is 3.32. The number of Topliss-reactive ketones (excluding diaryl/α,β-unsaturated/α-hetero) is 1. The summed E-state index contributed by atoms with van der Waals surface area (Å²) in [5.74, 6) is 1.11. The maximum Gasteiger partial charge on any atom is 0.191 e. The molecule has 0 N–H and O–H groups in total. The van der Waals surface area contributed by atoms with Crippen LogP contribution in [0.25, 0.3) is 10.5 Å². The fourth-order valence-corrected chi connectivity index (χ4v) is 4.42. The molecule has 0 unspecified atom stereocenters. The number of aromatic nitrogens is 3. The molecule has 1 aromatic carbocycles. The van der Waals surface area contributed by atoms with Gasteiger partial charge in [0.25, 0.3) is 0 Å². The Kier molecular flexibility index (Phi) is 5.03. The Bertz CT molecular complexity index is 940. The lowest BCUT2D eigenvalue weighted by Crippen LogP contribution is -2.36. The minimum atomic E-state index is -0.0809. The molecule has 3 heterocycles. The summed E-state index contributed by atoms with van der Waals surface area (Å²) in [4.78, 5) is 31.4. The first kappa shape index (κ1) is 17.9. The highest BCUT2D eigenvalue weighted by molar-refractivity contribution is 7.21. The minimum Gasteiger partial charge on any atom is -0.361 e. The summed E-state index contributed by atoms with van der Waals surface area (Å²) >= 11 is 1.52. The molecular formula is C20H23N5OS. The lowest BCUT2D eigenvalue weighted by atomic mass is 10.0. The van der Waals surface area contributed by atoms with Gasteiger partial charge in [-0.1, -0.05) is 41.7 Å². The van der Waals surface area contributed by atoms with Crippen molar-refractivity contribution in [3.05, 3.63) is 42.1 Å². The smallest absolute Gasteiger partial charge is 0.191 e. The molecule has 1 aliphatic heterocycles. The van der Waals surface area contributed by atoms with Crippen LogP contribution in [0.4, 0.5) is 10.9 Å². The van der Waals surface area contributed by atoms with E-state index in [0.717, 1.165) is 41.6 Å². The van der Waals surface area contributed by atoms with Gasteiger partial charge < -0.3 is 9.80 Å². The van der Waals surface area contributed by atoms with Crippen LogP contribution in [0.2, 0.25) is 0 Å². The number of nitrogens with zero attached hydrogens (tertiary/aromatic N) is 5. The normalized spacial score (nSPS) is 16.8. The average molecular weight is 382 g/mol. The first-order chi connectivity index (χ1) is 13.1. The van der Waals surface area contributed by atoms with Crippen LogP contribution in [0.1, 0.15) is 24.8 Å². The molecule has 0 radical (unpaired) electrons. The number of hydrogen-bond donors (Lipinski definition) is 0. The second kappa shape index (κ2) is 7.60. The van der Waals surface area contributed by atoms with Crippen LogP contribution in [0.15, 0.2) is 36.5 Å². The third-order valence-electron chi connectivity index (χ3n) is 4.93. The number of hydrogen-bond acceptors (Lipinski definition) is 7. The van der Waals surface area contributed by atoms with Gasteiger partial charge in [-0.15, -0.1) is 0 Å². The number of anilines is 2. The van der Waals surface area contributed by atoms with Crippen molar-refractivity contribution in [3.63, 3.8) is 0 Å². The van der Waals surface area contributed by atoms with Crippen molar-refractivity contribution >= 4 is 38.5 Å². The van der Waals surface area contributed by atoms with Crippen molar-refractivity contribution in [2.75, 3.05) is 30.4 Å². The standard InChI is InChI=1S/C20H23N5OS/c1-24(2)17-13-21-18-19(22-17)27-20(23-18)25-12-6-9-15(25)16(26)11-10-14-7-4-3-5-8-14/h3-5,7-8,13,15H,6,9-12H2,1-2H3/t15-/m1/s1. The van der Waals surface area contributed by atoms with Crippen LogP contribution >= 0.6 is 11.3 Å². The molecule has 2 aromatic heterocycles. The quantitative estimate of drug-likeness (QED) is 0.653. The van der Waals surface area contributed by atoms with Gasteiger partial charge in [-0.2, -0.15) is 4.98 Å². The van der Waals surface area contributed by atoms with Crippen molar-refractivity contribution in [2.24, 2.45) is 0 Å². The first-order valence-electron chi connectivity index (χ1n) is 9.26. The molecule has 0 amide bonds. The summed E-state index contributed by atoms with van der Waals surface area (Å²) in [5.41, 5.74) is 1.86. The van der Waals surface area contributed by atoms with Crippen LogP contribution < -0.4 is 9.80 Å². The summed E-state index contributed by atoms with van der Waals surface area (Å²) in [6.07, 6.45) is 5.00. The third-order valence-corrected chi connectivity index (χ3v) is 5.91. The molecular weight excluding hydrogens is 358 g/mol. The molecule has 1 aliphatic rings. The van der Waals surface area contributed by atoms with E-state index in [0.29, 0.717) is 17.9 Å². The Balaban J connectivity index is 1.50. The molecule has 1 fully saturated rings. The lowest BCUT2D eigenvalue weighted by molar-refractivity contribution is -0.120. The summed E-state index contributed by atoms with van der Waals surface area (Å²) in [6.45, 7) is 0.863. The largest absolute Gasteiger partial charge is 0.361 e. The molecule has 6 nitrogen and oxygen atoms in total. The number of aryl methyl sites for hydroxylation is 1. The number of thiazole rings is 1. The SMILES string of the molecule is CN(C)c1cnc2nc(N3CCC[C@@H]3C(=O)CCc3ccccc3)sc2n1. The van der Waals surface area contributed by atoms with Crippen LogP contribution in [-0.2, 0) is 11.2 Å². The Labute approximate surface area is 162 Å². The van der Waals surface area contributed by atoms with Gasteiger partial charge in [0.05, 0.1) is 12.2 Å². The highest BCUT2D eigenvalue weighted by atomic mass is 32.1. The van der Waals surface area contributed by atoms with Gasteiger partial charge in [-0.3, -0.25) is 4.79 Å². The van der Waals surface area contributed by atoms with E-state index >= 15 is 0 Å². The predicted molar refractivity (Wildman–Crippen MR) is 110 cm³/mol. The summed E-state index contributed by atoms with van der Waals surface area (Å²) in [6, 6.07) is 10.1. The fraction of sp³-hybridized carbons (Fsp3) is 0.400. The Morgan fingerprint density at radius 3 is 2.85 bits per heavy atom. The molecule has 0 spiro atoms. The molecule has 27 heavy (non-hydrogen) atoms. The van der Waals surface area contributed by atoms with Crippen molar-refractivity contribution in [3.8, 4) is 0 Å². The highest BCUT2D eigenvalue weighted by Gasteiger charge is 2.32. The zero-order chi connectivity index (χ0) is 18.8. The third kappa shape index (κ3) is 3.78. The highest BCUT2D eigenvalue weighted by Crippen LogP contribution is 2.33. The van der Waals surface area contributed by atoms with Crippen LogP contribution in [0.5, 0.6) is 0 Å². The number of fused-ring (bicyclic) bond motifs is 1. The lowest BCUT2D eigenvalue weighted by Gasteiger charge is -2.22. The van der Waals surface area contributed by atoms with E-state index in [2.05, 4.69) is 32.0 Å². The van der Waals surface area contributed by atoms with Crippen molar-refractivity contribution in [2.45, 2.75) is 31.7 Å². The van der Waals surface area contributed by atoms with Crippen LogP contribution in [0, 0.1) is 0 Å². The zero-order valence-electron chi connectivity index (χ0n) is 15.6. The van der Waals surface area contributed by atoms with Gasteiger partial charge in [0.15, 0.2) is 21.4 Å². The van der Waals surface area contributed by atoms with E-state index in [9.17, 15) is 4.79 Å². The molecule has 1 atom stereocenters. The van der Waals surface area contributed by atoms with Gasteiger partial charge in [0.2, 0.25) is 0 Å². The molecule has 7 heteroatoms. The van der Waals surface area contributed by atoms with Gasteiger partial charge in [0, 0.05) is 27.1 Å². The molecule has 0 aliphatic carbocycles. The molecule has 140 valence electrons. The van der Waals surface area contributed by atoms with E-state index in [1.807, 2.05) is 37.2 Å². The van der Waals surface area contributed by atoms with Gasteiger partial charge in [-0.25, -0.2) is 9.97 Å². The number of carbonyl (C=O) groups is 1. The molecule has 1 saturated heterocycles.